The van der Waals surface area contributed by atoms with Crippen molar-refractivity contribution in [3.63, 3.8) is 0 Å². The van der Waals surface area contributed by atoms with Crippen molar-refractivity contribution >= 4 is 17.6 Å². The lowest BCUT2D eigenvalue weighted by atomic mass is 10.1. The molecule has 0 spiro atoms. The number of para-hydroxylation sites is 1. The first kappa shape index (κ1) is 8.47. The van der Waals surface area contributed by atoms with Crippen LogP contribution in [-0.4, -0.2) is 22.8 Å². The lowest BCUT2D eigenvalue weighted by Gasteiger charge is -2.25. The number of carbonyl (C=O) groups is 1. The third-order valence-electron chi connectivity index (χ3n) is 2.91. The van der Waals surface area contributed by atoms with Crippen molar-refractivity contribution < 1.29 is 4.79 Å². The van der Waals surface area contributed by atoms with Gasteiger partial charge >= 0.3 is 0 Å². The molecule has 1 aromatic carbocycles. The van der Waals surface area contributed by atoms with E-state index in [2.05, 4.69) is 10.3 Å². The van der Waals surface area contributed by atoms with E-state index in [0.717, 1.165) is 12.2 Å². The van der Waals surface area contributed by atoms with Crippen LogP contribution in [0.4, 0.5) is 5.69 Å². The molecule has 1 N–H and O–H groups in total. The fraction of sp³-hybridized carbons (Fsp3) is 0.273. The van der Waals surface area contributed by atoms with Gasteiger partial charge in [0.15, 0.2) is 0 Å². The second kappa shape index (κ2) is 2.82. The monoisotopic (exact) mass is 201 g/mol. The predicted octanol–water partition coefficient (Wildman–Crippen LogP) is 1.01. The van der Waals surface area contributed by atoms with Crippen molar-refractivity contribution in [1.29, 1.82) is 0 Å². The van der Waals surface area contributed by atoms with E-state index in [4.69, 9.17) is 0 Å². The Kier molecular flexibility index (Phi) is 1.59. The van der Waals surface area contributed by atoms with Crippen molar-refractivity contribution in [1.82, 2.24) is 10.2 Å². The van der Waals surface area contributed by atoms with Gasteiger partial charge in [-0.2, -0.15) is 0 Å². The zero-order chi connectivity index (χ0) is 10.4. The van der Waals surface area contributed by atoms with E-state index in [1.165, 1.54) is 5.56 Å². The van der Waals surface area contributed by atoms with Crippen LogP contribution in [0, 0.1) is 0 Å². The number of carbonyl (C=O) groups excluding carboxylic acids is 1. The molecule has 1 atom stereocenters. The molecule has 2 aliphatic rings. The third-order valence-corrected chi connectivity index (χ3v) is 2.91. The van der Waals surface area contributed by atoms with Gasteiger partial charge in [0.1, 0.15) is 6.04 Å². The summed E-state index contributed by atoms with van der Waals surface area (Å²) in [5, 5.41) is 2.78. The van der Waals surface area contributed by atoms with E-state index < -0.39 is 0 Å². The Hall–Kier alpha value is -1.84. The summed E-state index contributed by atoms with van der Waals surface area (Å²) in [4.78, 5) is 17.9. The fourth-order valence-corrected chi connectivity index (χ4v) is 1.97. The van der Waals surface area contributed by atoms with Gasteiger partial charge in [0.25, 0.3) is 0 Å². The van der Waals surface area contributed by atoms with Gasteiger partial charge in [0, 0.05) is 6.54 Å². The topological polar surface area (TPSA) is 44.7 Å². The number of benzene rings is 1. The SMILES string of the molecule is CC1C(=O)NC2=Nc3ccccc3CN21. The Morgan fingerprint density at radius 2 is 2.27 bits per heavy atom. The van der Waals surface area contributed by atoms with Crippen LogP contribution in [0.2, 0.25) is 0 Å². The molecule has 3 rings (SSSR count). The van der Waals surface area contributed by atoms with Crippen LogP contribution in [0.3, 0.4) is 0 Å². The summed E-state index contributed by atoms with van der Waals surface area (Å²) in [5.41, 5.74) is 2.13. The van der Waals surface area contributed by atoms with Crippen LogP contribution in [0.25, 0.3) is 0 Å². The quantitative estimate of drug-likeness (QED) is 0.680. The van der Waals surface area contributed by atoms with Gasteiger partial charge in [-0.05, 0) is 18.6 Å². The van der Waals surface area contributed by atoms with E-state index in [1.807, 2.05) is 36.1 Å². The minimum atomic E-state index is -0.114. The molecule has 0 bridgehead atoms. The third kappa shape index (κ3) is 1.14. The Labute approximate surface area is 87.6 Å². The van der Waals surface area contributed by atoms with Gasteiger partial charge in [0.2, 0.25) is 11.9 Å². The number of hydrogen-bond donors (Lipinski definition) is 1. The van der Waals surface area contributed by atoms with Crippen LogP contribution >= 0.6 is 0 Å². The lowest BCUT2D eigenvalue weighted by molar-refractivity contribution is -0.121. The van der Waals surface area contributed by atoms with Crippen LogP contribution < -0.4 is 5.32 Å². The minimum Gasteiger partial charge on any atom is -0.326 e. The molecule has 1 fully saturated rings. The van der Waals surface area contributed by atoms with Crippen LogP contribution in [-0.2, 0) is 11.3 Å². The summed E-state index contributed by atoms with van der Waals surface area (Å²) in [5.74, 6) is 0.716. The molecule has 15 heavy (non-hydrogen) atoms. The number of guanidine groups is 1. The van der Waals surface area contributed by atoms with Gasteiger partial charge in [0.05, 0.1) is 5.69 Å². The fourth-order valence-electron chi connectivity index (χ4n) is 1.97. The molecular weight excluding hydrogens is 190 g/mol. The number of hydrogen-bond acceptors (Lipinski definition) is 3. The highest BCUT2D eigenvalue weighted by Gasteiger charge is 2.35. The van der Waals surface area contributed by atoms with E-state index in [9.17, 15) is 4.79 Å². The molecule has 0 saturated carbocycles. The predicted molar refractivity (Wildman–Crippen MR) is 56.7 cm³/mol. The number of aliphatic imine (C=N–C) groups is 1. The molecule has 0 aliphatic carbocycles. The number of rotatable bonds is 0. The average Bonchev–Trinajstić information content (AvgIpc) is 2.52. The summed E-state index contributed by atoms with van der Waals surface area (Å²) >= 11 is 0. The maximum atomic E-state index is 11.5. The van der Waals surface area contributed by atoms with Crippen LogP contribution in [0.5, 0.6) is 0 Å². The van der Waals surface area contributed by atoms with Crippen LogP contribution in [0.1, 0.15) is 12.5 Å². The van der Waals surface area contributed by atoms with Crippen molar-refractivity contribution in [3.8, 4) is 0 Å². The Bertz CT molecular complexity index is 467. The summed E-state index contributed by atoms with van der Waals surface area (Å²) in [6, 6.07) is 7.85. The largest absolute Gasteiger partial charge is 0.326 e. The van der Waals surface area contributed by atoms with E-state index in [-0.39, 0.29) is 11.9 Å². The van der Waals surface area contributed by atoms with Gasteiger partial charge in [-0.1, -0.05) is 18.2 Å². The zero-order valence-corrected chi connectivity index (χ0v) is 8.40. The summed E-state index contributed by atoms with van der Waals surface area (Å²) in [6.45, 7) is 2.65. The molecule has 0 aromatic heterocycles. The van der Waals surface area contributed by atoms with Crippen molar-refractivity contribution in [2.45, 2.75) is 19.5 Å². The first-order valence-electron chi connectivity index (χ1n) is 5.00. The first-order chi connectivity index (χ1) is 7.25. The molecule has 0 radical (unpaired) electrons. The normalized spacial score (nSPS) is 23.0. The zero-order valence-electron chi connectivity index (χ0n) is 8.40. The molecule has 1 saturated heterocycles. The Morgan fingerprint density at radius 1 is 1.47 bits per heavy atom. The first-order valence-corrected chi connectivity index (χ1v) is 5.00. The van der Waals surface area contributed by atoms with Crippen molar-refractivity contribution in [2.75, 3.05) is 0 Å². The average molecular weight is 201 g/mol. The van der Waals surface area contributed by atoms with Gasteiger partial charge < -0.3 is 4.90 Å². The van der Waals surface area contributed by atoms with E-state index >= 15 is 0 Å². The molecule has 2 heterocycles. The highest BCUT2D eigenvalue weighted by atomic mass is 16.2. The molecule has 1 unspecified atom stereocenters. The van der Waals surface area contributed by atoms with Crippen LogP contribution in [0.15, 0.2) is 29.3 Å². The summed E-state index contributed by atoms with van der Waals surface area (Å²) in [6.07, 6.45) is 0. The molecule has 4 nitrogen and oxygen atoms in total. The molecule has 4 heteroatoms. The molecule has 2 aliphatic heterocycles. The molecule has 1 aromatic rings. The highest BCUT2D eigenvalue weighted by molar-refractivity contribution is 6.07. The van der Waals surface area contributed by atoms with Crippen molar-refractivity contribution in [2.24, 2.45) is 4.99 Å². The van der Waals surface area contributed by atoms with Gasteiger partial charge in [-0.15, -0.1) is 0 Å². The second-order valence-corrected chi connectivity index (χ2v) is 3.86. The highest BCUT2D eigenvalue weighted by Crippen LogP contribution is 2.28. The number of nitrogens with zero attached hydrogens (tertiary/aromatic N) is 2. The second-order valence-electron chi connectivity index (χ2n) is 3.86. The smallest absolute Gasteiger partial charge is 0.249 e. The Morgan fingerprint density at radius 3 is 3.13 bits per heavy atom. The minimum absolute atomic E-state index is 0.0292. The van der Waals surface area contributed by atoms with Gasteiger partial charge in [-0.25, -0.2) is 4.99 Å². The van der Waals surface area contributed by atoms with Crippen molar-refractivity contribution in [3.05, 3.63) is 29.8 Å². The number of fused-ring (bicyclic) bond motifs is 2. The van der Waals surface area contributed by atoms with E-state index in [0.29, 0.717) is 5.96 Å². The summed E-state index contributed by atoms with van der Waals surface area (Å²) < 4.78 is 0. The standard InChI is InChI=1S/C11H11N3O/c1-7-10(15)13-11-12-9-5-3-2-4-8(9)6-14(7)11/h2-5,7H,6H2,1H3,(H,12,13,15). The lowest BCUT2D eigenvalue weighted by Crippen LogP contribution is -2.35. The number of nitrogens with one attached hydrogen (secondary N) is 1. The molecular formula is C11H11N3O. The summed E-state index contributed by atoms with van der Waals surface area (Å²) in [7, 11) is 0. The maximum Gasteiger partial charge on any atom is 0.249 e. The molecule has 76 valence electrons. The number of amides is 1. The van der Waals surface area contributed by atoms with Gasteiger partial charge in [-0.3, -0.25) is 10.1 Å². The molecule has 1 amide bonds. The maximum absolute atomic E-state index is 11.5. The van der Waals surface area contributed by atoms with E-state index in [1.54, 1.807) is 0 Å². The Balaban J connectivity index is 2.08.